The summed E-state index contributed by atoms with van der Waals surface area (Å²) in [5.74, 6) is 1.07. The molecule has 2 heterocycles. The number of hydrogen-bond donors (Lipinski definition) is 0. The largest absolute Gasteiger partial charge is 0.502 e. The lowest BCUT2D eigenvalue weighted by Gasteiger charge is -2.30. The van der Waals surface area contributed by atoms with Crippen molar-refractivity contribution < 1.29 is 14.0 Å². The van der Waals surface area contributed by atoms with Crippen LogP contribution in [0.4, 0.5) is 0 Å². The van der Waals surface area contributed by atoms with Gasteiger partial charge in [0.05, 0.1) is 31.1 Å². The first-order chi connectivity index (χ1) is 19.8. The van der Waals surface area contributed by atoms with Crippen molar-refractivity contribution in [2.75, 3.05) is 13.7 Å². The van der Waals surface area contributed by atoms with Gasteiger partial charge in [-0.15, -0.1) is 0 Å². The van der Waals surface area contributed by atoms with Crippen LogP contribution in [0, 0.1) is 18.3 Å². The van der Waals surface area contributed by atoms with Crippen LogP contribution >= 0.6 is 0 Å². The summed E-state index contributed by atoms with van der Waals surface area (Å²) in [4.78, 5) is 0. The fourth-order valence-electron chi connectivity index (χ4n) is 6.46. The lowest BCUT2D eigenvalue weighted by atomic mass is 9.80. The summed E-state index contributed by atoms with van der Waals surface area (Å²) >= 11 is 0. The van der Waals surface area contributed by atoms with Gasteiger partial charge in [0.15, 0.2) is 11.7 Å². The lowest BCUT2D eigenvalue weighted by Crippen LogP contribution is -2.57. The van der Waals surface area contributed by atoms with Crippen molar-refractivity contribution in [3.63, 3.8) is 0 Å². The molecule has 0 fully saturated rings. The summed E-state index contributed by atoms with van der Waals surface area (Å²) in [5, 5.41) is 9.90. The normalized spacial score (nSPS) is 16.7. The first kappa shape index (κ1) is 30.5. The number of aryl methyl sites for hydroxylation is 2. The SMILES string of the molecule is CCCCc1ccc(-c2ccc3c(c2)-c2c(C)cc(C#N)c[n+]2C(CC)(CC)CC3COC(C)C=C(C)OC)cc1. The third-order valence-electron chi connectivity index (χ3n) is 9.04. The van der Waals surface area contributed by atoms with Gasteiger partial charge in [-0.2, -0.15) is 9.83 Å². The molecular formula is C37H47N2O2+. The maximum absolute atomic E-state index is 9.90. The molecule has 4 heteroatoms. The van der Waals surface area contributed by atoms with Crippen LogP contribution < -0.4 is 4.57 Å². The molecule has 4 nitrogen and oxygen atoms in total. The number of unbranched alkanes of at least 4 members (excludes halogenated alkanes) is 1. The molecule has 0 radical (unpaired) electrons. The molecule has 0 saturated carbocycles. The van der Waals surface area contributed by atoms with Crippen LogP contribution in [-0.2, 0) is 21.4 Å². The highest BCUT2D eigenvalue weighted by molar-refractivity contribution is 5.75. The molecule has 0 spiro atoms. The highest BCUT2D eigenvalue weighted by atomic mass is 16.5. The van der Waals surface area contributed by atoms with E-state index in [1.165, 1.54) is 46.4 Å². The summed E-state index contributed by atoms with van der Waals surface area (Å²) < 4.78 is 14.3. The van der Waals surface area contributed by atoms with Crippen molar-refractivity contribution >= 4 is 0 Å². The van der Waals surface area contributed by atoms with E-state index in [4.69, 9.17) is 9.47 Å². The van der Waals surface area contributed by atoms with Crippen molar-refractivity contribution in [2.45, 2.75) is 97.6 Å². The van der Waals surface area contributed by atoms with E-state index >= 15 is 0 Å². The van der Waals surface area contributed by atoms with Gasteiger partial charge in [-0.3, -0.25) is 0 Å². The van der Waals surface area contributed by atoms with E-state index in [0.29, 0.717) is 12.2 Å². The highest BCUT2D eigenvalue weighted by Gasteiger charge is 2.45. The molecule has 4 rings (SSSR count). The molecule has 0 aliphatic carbocycles. The van der Waals surface area contributed by atoms with Crippen molar-refractivity contribution in [3.05, 3.63) is 88.8 Å². The summed E-state index contributed by atoms with van der Waals surface area (Å²) in [6.07, 6.45) is 10.5. The third kappa shape index (κ3) is 6.57. The number of aromatic nitrogens is 1. The summed E-state index contributed by atoms with van der Waals surface area (Å²) in [6.45, 7) is 13.6. The number of hydrogen-bond acceptors (Lipinski definition) is 3. The minimum atomic E-state index is -0.122. The maximum atomic E-state index is 9.90. The molecule has 216 valence electrons. The Bertz CT molecular complexity index is 1410. The Labute approximate surface area is 247 Å². The number of nitriles is 1. The quantitative estimate of drug-likeness (QED) is 0.177. The van der Waals surface area contributed by atoms with Crippen LogP contribution in [0.15, 0.2) is 66.6 Å². The van der Waals surface area contributed by atoms with Gasteiger partial charge in [0.25, 0.3) is 0 Å². The second kappa shape index (κ2) is 13.5. The van der Waals surface area contributed by atoms with Crippen LogP contribution in [0.5, 0.6) is 0 Å². The van der Waals surface area contributed by atoms with Gasteiger partial charge >= 0.3 is 0 Å². The molecule has 1 aliphatic heterocycles. The fraction of sp³-hybridized carbons (Fsp3) is 0.459. The second-order valence-corrected chi connectivity index (χ2v) is 11.7. The zero-order valence-electron chi connectivity index (χ0n) is 26.1. The number of pyridine rings is 1. The number of nitrogens with zero attached hydrogens (tertiary/aromatic N) is 2. The summed E-state index contributed by atoms with van der Waals surface area (Å²) in [5.41, 5.74) is 9.34. The van der Waals surface area contributed by atoms with Gasteiger partial charge in [-0.05, 0) is 74.1 Å². The standard InChI is InChI=1S/C37H47N2O2/c1-8-11-12-29-13-15-31(16-14-29)32-17-18-34-33(25-41-28(6)20-27(5)40-7)22-37(9-2,10-3)39-24-30(23-38)19-26(4)36(39)35(34)21-32/h13-21,24,28,33H,8-12,22,25H2,1-7H3/q+1. The number of fused-ring (bicyclic) bond motifs is 3. The van der Waals surface area contributed by atoms with Crippen molar-refractivity contribution in [3.8, 4) is 28.5 Å². The molecular weight excluding hydrogens is 504 g/mol. The molecule has 3 aromatic rings. The molecule has 0 saturated heterocycles. The van der Waals surface area contributed by atoms with Gasteiger partial charge in [0.2, 0.25) is 5.69 Å². The number of rotatable bonds is 11. The van der Waals surface area contributed by atoms with Gasteiger partial charge in [-0.25, -0.2) is 0 Å². The van der Waals surface area contributed by atoms with Crippen LogP contribution in [0.3, 0.4) is 0 Å². The molecule has 41 heavy (non-hydrogen) atoms. The minimum absolute atomic E-state index is 0.0493. The molecule has 2 aromatic carbocycles. The zero-order valence-corrected chi connectivity index (χ0v) is 26.1. The molecule has 2 atom stereocenters. The third-order valence-corrected chi connectivity index (χ3v) is 9.04. The number of benzene rings is 2. The topological polar surface area (TPSA) is 46.1 Å². The van der Waals surface area contributed by atoms with E-state index < -0.39 is 0 Å². The van der Waals surface area contributed by atoms with Crippen LogP contribution in [0.25, 0.3) is 22.4 Å². The molecule has 2 unspecified atom stereocenters. The smallest absolute Gasteiger partial charge is 0.216 e. The second-order valence-electron chi connectivity index (χ2n) is 11.7. The Morgan fingerprint density at radius 1 is 1.10 bits per heavy atom. The van der Waals surface area contributed by atoms with E-state index in [9.17, 15) is 5.26 Å². The molecule has 0 bridgehead atoms. The lowest BCUT2D eigenvalue weighted by molar-refractivity contribution is -0.757. The monoisotopic (exact) mass is 551 g/mol. The van der Waals surface area contributed by atoms with Crippen LogP contribution in [-0.4, -0.2) is 19.8 Å². The first-order valence-corrected chi connectivity index (χ1v) is 15.3. The summed E-state index contributed by atoms with van der Waals surface area (Å²) in [6, 6.07) is 20.5. The molecule has 0 amide bonds. The molecule has 1 aromatic heterocycles. The Morgan fingerprint density at radius 3 is 2.44 bits per heavy atom. The Balaban J connectivity index is 1.87. The average molecular weight is 552 g/mol. The fourth-order valence-corrected chi connectivity index (χ4v) is 6.46. The van der Waals surface area contributed by atoms with Crippen molar-refractivity contribution in [1.29, 1.82) is 5.26 Å². The number of methoxy groups -OCH3 is 1. The maximum Gasteiger partial charge on any atom is 0.216 e. The molecule has 1 aliphatic rings. The number of allylic oxidation sites excluding steroid dienone is 1. The van der Waals surface area contributed by atoms with E-state index in [-0.39, 0.29) is 17.6 Å². The van der Waals surface area contributed by atoms with E-state index in [0.717, 1.165) is 37.0 Å². The van der Waals surface area contributed by atoms with Gasteiger partial charge in [-0.1, -0.05) is 63.6 Å². The van der Waals surface area contributed by atoms with E-state index in [1.807, 2.05) is 19.1 Å². The van der Waals surface area contributed by atoms with Gasteiger partial charge in [0.1, 0.15) is 11.6 Å². The Morgan fingerprint density at radius 2 is 1.80 bits per heavy atom. The van der Waals surface area contributed by atoms with Crippen molar-refractivity contribution in [1.82, 2.24) is 0 Å². The van der Waals surface area contributed by atoms with E-state index in [2.05, 4.69) is 93.9 Å². The predicted molar refractivity (Wildman–Crippen MR) is 168 cm³/mol. The van der Waals surface area contributed by atoms with Crippen LogP contribution in [0.2, 0.25) is 0 Å². The highest BCUT2D eigenvalue weighted by Crippen LogP contribution is 2.44. The minimum Gasteiger partial charge on any atom is -0.502 e. The van der Waals surface area contributed by atoms with Crippen LogP contribution in [0.1, 0.15) is 94.9 Å². The zero-order chi connectivity index (χ0) is 29.6. The van der Waals surface area contributed by atoms with E-state index in [1.54, 1.807) is 7.11 Å². The van der Waals surface area contributed by atoms with Gasteiger partial charge in [0, 0.05) is 30.7 Å². The van der Waals surface area contributed by atoms with Gasteiger partial charge < -0.3 is 9.47 Å². The first-order valence-electron chi connectivity index (χ1n) is 15.3. The molecule has 0 N–H and O–H groups in total. The average Bonchev–Trinajstić information content (AvgIpc) is 3.11. The Kier molecular flexibility index (Phi) is 10.1. The summed E-state index contributed by atoms with van der Waals surface area (Å²) in [7, 11) is 1.69. The Hall–Kier alpha value is -3.42. The number of ether oxygens (including phenoxy) is 2. The van der Waals surface area contributed by atoms with Crippen molar-refractivity contribution in [2.24, 2.45) is 0 Å². The predicted octanol–water partition coefficient (Wildman–Crippen LogP) is 8.79.